The number of furan rings is 2. The van der Waals surface area contributed by atoms with Crippen molar-refractivity contribution in [3.05, 3.63) is 368 Å². The van der Waals surface area contributed by atoms with Crippen LogP contribution in [0.5, 0.6) is 0 Å². The molecule has 0 atom stereocenters. The quantitative estimate of drug-likeness (QED) is 0.0904. The van der Waals surface area contributed by atoms with E-state index in [1.54, 1.807) is 6.07 Å². The van der Waals surface area contributed by atoms with Gasteiger partial charge in [0.25, 0.3) is 0 Å². The molecular weight excluding hydrogens is 1450 g/mol. The molecule has 7 heteroatoms. The highest BCUT2D eigenvalue weighted by molar-refractivity contribution is 14.0. The average Bonchev–Trinajstić information content (AvgIpc) is 0.950. The molecule has 0 saturated carbocycles. The van der Waals surface area contributed by atoms with Crippen molar-refractivity contribution in [2.75, 3.05) is 0 Å². The van der Waals surface area contributed by atoms with Crippen molar-refractivity contribution >= 4 is 161 Å². The third-order valence-corrected chi connectivity index (χ3v) is 20.9. The summed E-state index contributed by atoms with van der Waals surface area (Å²) in [4.78, 5) is 0. The molecule has 0 aliphatic carbocycles. The molecule has 0 aliphatic rings. The van der Waals surface area contributed by atoms with Crippen LogP contribution < -0.4 is 5.46 Å². The van der Waals surface area contributed by atoms with Gasteiger partial charge in [0, 0.05) is 26.0 Å². The third kappa shape index (κ3) is 12.3. The van der Waals surface area contributed by atoms with Crippen molar-refractivity contribution < 1.29 is 18.9 Å². The van der Waals surface area contributed by atoms with Crippen molar-refractivity contribution in [1.29, 1.82) is 0 Å². The van der Waals surface area contributed by atoms with Gasteiger partial charge in [0.15, 0.2) is 0 Å². The van der Waals surface area contributed by atoms with E-state index < -0.39 is 7.12 Å². The second kappa shape index (κ2) is 28.6. The van der Waals surface area contributed by atoms with E-state index in [9.17, 15) is 10.0 Å². The molecule has 20 aromatic rings. The zero-order valence-corrected chi connectivity index (χ0v) is 59.6. The van der Waals surface area contributed by atoms with Crippen LogP contribution in [-0.4, -0.2) is 17.2 Å². The molecule has 0 unspecified atom stereocenters. The minimum Gasteiger partial charge on any atom is -0.456 e. The van der Waals surface area contributed by atoms with Crippen LogP contribution in [0.4, 0.5) is 0 Å². The first-order valence-electron chi connectivity index (χ1n) is 34.4. The summed E-state index contributed by atoms with van der Waals surface area (Å²) in [5, 5.41) is 38.0. The fourth-order valence-corrected chi connectivity index (χ4v) is 16.0. The van der Waals surface area contributed by atoms with Gasteiger partial charge in [-0.05, 0) is 219 Å². The summed E-state index contributed by atoms with van der Waals surface area (Å²) in [6, 6.07) is 128. The van der Waals surface area contributed by atoms with Crippen molar-refractivity contribution in [2.45, 2.75) is 7.43 Å². The highest BCUT2D eigenvalue weighted by Crippen LogP contribution is 2.48. The highest BCUT2D eigenvalue weighted by Gasteiger charge is 2.21. The van der Waals surface area contributed by atoms with Crippen LogP contribution in [0.25, 0.3) is 186 Å². The normalized spacial score (nSPS) is 11.3. The molecule has 0 bridgehead atoms. The second-order valence-corrected chi connectivity index (χ2v) is 26.8. The highest BCUT2D eigenvalue weighted by atomic mass is 127. The molecule has 0 saturated heterocycles. The Balaban J connectivity index is 0.000000129. The van der Waals surface area contributed by atoms with E-state index in [1.165, 1.54) is 109 Å². The van der Waals surface area contributed by atoms with Crippen molar-refractivity contribution in [3.63, 3.8) is 0 Å². The Hall–Kier alpha value is -11.7. The number of halogens is 2. The minimum atomic E-state index is -1.46. The molecule has 0 fully saturated rings. The molecule has 104 heavy (non-hydrogen) atoms. The molecule has 2 N–H and O–H groups in total. The standard InChI is InChI=1S/C48H30O.C26H15BrO.C22H17BO2.CH4.HI/c1-2-12-31(13-3-1)33-15-10-16-34(28-33)37-22-11-14-32-24-25-35(29-44(32)37)47-40-18-4-6-20-42(40)48(43-21-7-5-19-41(43)47)36-26-27-39-38-17-8-9-23-45(38)49-46(39)30-36;27-26-21-10-3-1-8-19(21)25(20-9-2-4-11-22(20)26)16-13-14-18-17-7-5-6-12-23(17)28-24(18)15-16;24-23(25)20-13-12-17-8-5-11-21(22(17)15-20)19-10-4-9-18(14-19)16-6-2-1-3-7-16;;/h1-30H;1-15H;1-15,24-25H;1H4;1H. The molecule has 4 nitrogen and oxygen atoms in total. The van der Waals surface area contributed by atoms with Gasteiger partial charge >= 0.3 is 7.12 Å². The maximum absolute atomic E-state index is 9.49. The first-order chi connectivity index (χ1) is 50.3. The molecular formula is C97H67BBrIO4. The van der Waals surface area contributed by atoms with E-state index >= 15 is 0 Å². The first kappa shape index (κ1) is 66.8. The molecule has 18 aromatic carbocycles. The number of benzene rings is 18. The summed E-state index contributed by atoms with van der Waals surface area (Å²) in [5.41, 5.74) is 20.9. The van der Waals surface area contributed by atoms with Gasteiger partial charge in [0.2, 0.25) is 0 Å². The molecule has 2 heterocycles. The van der Waals surface area contributed by atoms with Crippen LogP contribution in [0.3, 0.4) is 0 Å². The largest absolute Gasteiger partial charge is 0.488 e. The Labute approximate surface area is 628 Å². The lowest BCUT2D eigenvalue weighted by Gasteiger charge is -2.18. The minimum absolute atomic E-state index is 0. The summed E-state index contributed by atoms with van der Waals surface area (Å²) < 4.78 is 13.7. The molecule has 0 radical (unpaired) electrons. The van der Waals surface area contributed by atoms with Gasteiger partial charge in [-0.25, -0.2) is 0 Å². The van der Waals surface area contributed by atoms with Crippen LogP contribution in [-0.2, 0) is 0 Å². The molecule has 0 aliphatic heterocycles. The van der Waals surface area contributed by atoms with E-state index in [1.807, 2.05) is 66.7 Å². The molecule has 20 rings (SSSR count). The SMILES string of the molecule is Brc1c2ccccc2c(-c2ccc3c(c2)oc2ccccc23)c2ccccc12.C.I.OB(O)c1ccc2cccc(-c3cccc(-c4ccccc4)c3)c2c1.c1ccc(-c2cccc(-c3cccc4ccc(-c5c6ccccc6c(-c6ccc7c(c6)oc6ccccc67)c6ccccc56)cc34)c2)cc1. The molecule has 2 aromatic heterocycles. The van der Waals surface area contributed by atoms with Crippen molar-refractivity contribution in [3.8, 4) is 77.9 Å². The van der Waals surface area contributed by atoms with Gasteiger partial charge in [-0.1, -0.05) is 317 Å². The van der Waals surface area contributed by atoms with Crippen molar-refractivity contribution in [2.24, 2.45) is 0 Å². The third-order valence-electron chi connectivity index (χ3n) is 20.1. The van der Waals surface area contributed by atoms with Gasteiger partial charge in [-0.2, -0.15) is 0 Å². The van der Waals surface area contributed by atoms with Gasteiger partial charge in [-0.15, -0.1) is 24.0 Å². The Kier molecular flexibility index (Phi) is 18.4. The van der Waals surface area contributed by atoms with Crippen LogP contribution in [0.2, 0.25) is 0 Å². The lowest BCUT2D eigenvalue weighted by molar-refractivity contribution is 0.426. The maximum atomic E-state index is 9.49. The number of hydrogen-bond donors (Lipinski definition) is 2. The summed E-state index contributed by atoms with van der Waals surface area (Å²) in [7, 11) is -1.46. The van der Waals surface area contributed by atoms with Crippen LogP contribution in [0.15, 0.2) is 377 Å². The average molecular weight is 1510 g/mol. The van der Waals surface area contributed by atoms with Crippen LogP contribution >= 0.6 is 39.9 Å². The zero-order chi connectivity index (χ0) is 68.2. The van der Waals surface area contributed by atoms with Crippen molar-refractivity contribution in [1.82, 2.24) is 0 Å². The Bertz CT molecular complexity index is 6530. The lowest BCUT2D eigenvalue weighted by atomic mass is 9.78. The lowest BCUT2D eigenvalue weighted by Crippen LogP contribution is -2.29. The summed E-state index contributed by atoms with van der Waals surface area (Å²) in [5.74, 6) is 0. The fourth-order valence-electron chi connectivity index (χ4n) is 15.3. The second-order valence-electron chi connectivity index (χ2n) is 26.0. The van der Waals surface area contributed by atoms with Gasteiger partial charge in [-0.3, -0.25) is 0 Å². The van der Waals surface area contributed by atoms with E-state index in [-0.39, 0.29) is 31.4 Å². The van der Waals surface area contributed by atoms with Gasteiger partial charge in [0.1, 0.15) is 22.3 Å². The van der Waals surface area contributed by atoms with Gasteiger partial charge < -0.3 is 18.9 Å². The van der Waals surface area contributed by atoms with E-state index in [2.05, 4.69) is 307 Å². The Morgan fingerprint density at radius 3 is 0.971 bits per heavy atom. The van der Waals surface area contributed by atoms with Crippen LogP contribution in [0, 0.1) is 0 Å². The van der Waals surface area contributed by atoms with Gasteiger partial charge in [0.05, 0.1) is 0 Å². The fraction of sp³-hybridized carbons (Fsp3) is 0.0103. The monoisotopic (exact) mass is 1510 g/mol. The summed E-state index contributed by atoms with van der Waals surface area (Å²) in [6.45, 7) is 0. The molecule has 0 spiro atoms. The van der Waals surface area contributed by atoms with Crippen LogP contribution in [0.1, 0.15) is 7.43 Å². The van der Waals surface area contributed by atoms with E-state index in [4.69, 9.17) is 8.83 Å². The summed E-state index contributed by atoms with van der Waals surface area (Å²) >= 11 is 3.83. The zero-order valence-electron chi connectivity index (χ0n) is 55.7. The number of hydrogen-bond acceptors (Lipinski definition) is 4. The number of rotatable bonds is 8. The number of fused-ring (bicyclic) bond motifs is 12. The molecule has 0 amide bonds. The van der Waals surface area contributed by atoms with E-state index in [0.29, 0.717) is 5.46 Å². The Morgan fingerprint density at radius 1 is 0.221 bits per heavy atom. The smallest absolute Gasteiger partial charge is 0.456 e. The summed E-state index contributed by atoms with van der Waals surface area (Å²) in [6.07, 6.45) is 0. The number of para-hydroxylation sites is 2. The van der Waals surface area contributed by atoms with E-state index in [0.717, 1.165) is 81.4 Å². The Morgan fingerprint density at radius 2 is 0.538 bits per heavy atom. The first-order valence-corrected chi connectivity index (χ1v) is 35.2. The predicted molar refractivity (Wildman–Crippen MR) is 457 cm³/mol. The topological polar surface area (TPSA) is 66.7 Å². The molecule has 496 valence electrons. The predicted octanol–water partition coefficient (Wildman–Crippen LogP) is 27.1. The maximum Gasteiger partial charge on any atom is 0.488 e.